The topological polar surface area (TPSA) is 83.6 Å². The minimum absolute atomic E-state index is 0.00264. The van der Waals surface area contributed by atoms with Crippen molar-refractivity contribution in [2.24, 2.45) is 7.05 Å². The molecule has 8 heteroatoms. The van der Waals surface area contributed by atoms with Crippen LogP contribution < -0.4 is 5.32 Å². The molecule has 0 unspecified atom stereocenters. The number of carbonyl (C=O) groups is 1. The molecule has 3 aromatic rings. The van der Waals surface area contributed by atoms with Crippen LogP contribution in [0.3, 0.4) is 0 Å². The van der Waals surface area contributed by atoms with Crippen molar-refractivity contribution >= 4 is 11.7 Å². The molecule has 0 saturated heterocycles. The lowest BCUT2D eigenvalue weighted by Gasteiger charge is -2.07. The largest absolute Gasteiger partial charge is 0.305 e. The predicted octanol–water partition coefficient (Wildman–Crippen LogP) is 2.88. The lowest BCUT2D eigenvalue weighted by atomic mass is 10.0. The van der Waals surface area contributed by atoms with Crippen LogP contribution in [0.4, 0.5) is 14.6 Å². The van der Waals surface area contributed by atoms with Gasteiger partial charge in [0, 0.05) is 30.6 Å². The molecule has 3 rings (SSSR count). The van der Waals surface area contributed by atoms with E-state index < -0.39 is 17.5 Å². The van der Waals surface area contributed by atoms with E-state index in [2.05, 4.69) is 15.4 Å². The minimum Gasteiger partial charge on any atom is -0.305 e. The Balaban J connectivity index is 2.00. The van der Waals surface area contributed by atoms with E-state index in [4.69, 9.17) is 5.26 Å². The molecule has 0 saturated carbocycles. The van der Waals surface area contributed by atoms with E-state index in [-0.39, 0.29) is 22.5 Å². The smallest absolute Gasteiger partial charge is 0.258 e. The Morgan fingerprint density at radius 2 is 2.08 bits per heavy atom. The Kier molecular flexibility index (Phi) is 4.22. The number of pyridine rings is 1. The fourth-order valence-corrected chi connectivity index (χ4v) is 2.32. The van der Waals surface area contributed by atoms with Gasteiger partial charge in [0.2, 0.25) is 0 Å². The average molecular weight is 339 g/mol. The number of hydrogen-bond donors (Lipinski definition) is 1. The zero-order chi connectivity index (χ0) is 18.0. The highest BCUT2D eigenvalue weighted by molar-refractivity contribution is 6.05. The molecule has 0 aliphatic heterocycles. The fourth-order valence-electron chi connectivity index (χ4n) is 2.32. The van der Waals surface area contributed by atoms with Gasteiger partial charge in [-0.15, -0.1) is 0 Å². The first-order valence-corrected chi connectivity index (χ1v) is 7.14. The molecule has 6 nitrogen and oxygen atoms in total. The maximum atomic E-state index is 14.4. The number of nitriles is 1. The van der Waals surface area contributed by atoms with Gasteiger partial charge in [0.1, 0.15) is 17.7 Å². The molecule has 0 aliphatic carbocycles. The summed E-state index contributed by atoms with van der Waals surface area (Å²) in [7, 11) is 1.61. The van der Waals surface area contributed by atoms with Crippen molar-refractivity contribution < 1.29 is 13.6 Å². The number of aromatic nitrogens is 3. The molecule has 1 aromatic carbocycles. The van der Waals surface area contributed by atoms with Crippen LogP contribution in [0.2, 0.25) is 0 Å². The van der Waals surface area contributed by atoms with Crippen molar-refractivity contribution in [3.63, 3.8) is 0 Å². The Morgan fingerprint density at radius 1 is 1.28 bits per heavy atom. The summed E-state index contributed by atoms with van der Waals surface area (Å²) >= 11 is 0. The third kappa shape index (κ3) is 3.21. The number of carbonyl (C=O) groups excluding carboxylic acids is 1. The second-order valence-electron chi connectivity index (χ2n) is 5.19. The number of rotatable bonds is 3. The monoisotopic (exact) mass is 339 g/mol. The molecule has 1 N–H and O–H groups in total. The summed E-state index contributed by atoms with van der Waals surface area (Å²) in [6.07, 6.45) is 3.70. The van der Waals surface area contributed by atoms with Gasteiger partial charge >= 0.3 is 0 Å². The van der Waals surface area contributed by atoms with Crippen molar-refractivity contribution in [3.05, 3.63) is 65.6 Å². The van der Waals surface area contributed by atoms with Crippen molar-refractivity contribution in [3.8, 4) is 17.2 Å². The van der Waals surface area contributed by atoms with Gasteiger partial charge in [-0.3, -0.25) is 14.5 Å². The summed E-state index contributed by atoms with van der Waals surface area (Å²) < 4.78 is 29.0. The first kappa shape index (κ1) is 16.3. The second-order valence-corrected chi connectivity index (χ2v) is 5.19. The van der Waals surface area contributed by atoms with Crippen LogP contribution in [-0.2, 0) is 7.05 Å². The van der Waals surface area contributed by atoms with Crippen LogP contribution in [0.25, 0.3) is 11.1 Å². The molecular formula is C17H11F2N5O. The third-order valence-corrected chi connectivity index (χ3v) is 3.44. The molecule has 124 valence electrons. The van der Waals surface area contributed by atoms with Crippen molar-refractivity contribution in [1.29, 1.82) is 5.26 Å². The van der Waals surface area contributed by atoms with Gasteiger partial charge in [-0.2, -0.15) is 10.4 Å². The SMILES string of the molecule is Cn1cc(-c2cccc(C#N)c2F)c(NC(=O)c2cncc(F)c2)n1. The van der Waals surface area contributed by atoms with E-state index in [0.717, 1.165) is 12.3 Å². The lowest BCUT2D eigenvalue weighted by Crippen LogP contribution is -2.14. The van der Waals surface area contributed by atoms with Gasteiger partial charge in [0.25, 0.3) is 5.91 Å². The van der Waals surface area contributed by atoms with Crippen LogP contribution >= 0.6 is 0 Å². The molecule has 0 radical (unpaired) electrons. The number of anilines is 1. The molecule has 1 amide bonds. The van der Waals surface area contributed by atoms with E-state index >= 15 is 0 Å². The number of aryl methyl sites for hydroxylation is 1. The van der Waals surface area contributed by atoms with Gasteiger partial charge in [0.05, 0.1) is 17.3 Å². The fraction of sp³-hybridized carbons (Fsp3) is 0.0588. The number of benzene rings is 1. The molecule has 2 heterocycles. The summed E-state index contributed by atoms with van der Waals surface area (Å²) in [6.45, 7) is 0. The number of amides is 1. The third-order valence-electron chi connectivity index (χ3n) is 3.44. The van der Waals surface area contributed by atoms with Crippen LogP contribution in [0.5, 0.6) is 0 Å². The van der Waals surface area contributed by atoms with Gasteiger partial charge in [-0.05, 0) is 12.1 Å². The zero-order valence-corrected chi connectivity index (χ0v) is 13.0. The van der Waals surface area contributed by atoms with Crippen LogP contribution in [0, 0.1) is 23.0 Å². The average Bonchev–Trinajstić information content (AvgIpc) is 2.95. The standard InChI is InChI=1S/C17H11F2N5O/c1-24-9-14(13-4-2-3-10(6-20)15(13)19)16(23-24)22-17(25)11-5-12(18)8-21-7-11/h2-5,7-9H,1H3,(H,22,23,25). The number of nitrogens with one attached hydrogen (secondary N) is 1. The molecule has 0 aliphatic rings. The lowest BCUT2D eigenvalue weighted by molar-refractivity contribution is 0.102. The number of hydrogen-bond acceptors (Lipinski definition) is 4. The molecule has 0 fully saturated rings. The molecule has 0 spiro atoms. The van der Waals surface area contributed by atoms with E-state index in [9.17, 15) is 13.6 Å². The Bertz CT molecular complexity index is 1010. The highest BCUT2D eigenvalue weighted by Gasteiger charge is 2.18. The quantitative estimate of drug-likeness (QED) is 0.795. The first-order chi connectivity index (χ1) is 12.0. The summed E-state index contributed by atoms with van der Waals surface area (Å²) in [5.41, 5.74) is 0.311. The first-order valence-electron chi connectivity index (χ1n) is 7.14. The molecule has 0 atom stereocenters. The highest BCUT2D eigenvalue weighted by atomic mass is 19.1. The van der Waals surface area contributed by atoms with E-state index in [1.165, 1.54) is 35.3 Å². The summed E-state index contributed by atoms with van der Waals surface area (Å²) in [5, 5.41) is 15.6. The number of nitrogens with zero attached hydrogens (tertiary/aromatic N) is 4. The zero-order valence-electron chi connectivity index (χ0n) is 13.0. The van der Waals surface area contributed by atoms with E-state index in [1.54, 1.807) is 13.1 Å². The molecule has 0 bridgehead atoms. The van der Waals surface area contributed by atoms with Crippen molar-refractivity contribution in [2.45, 2.75) is 0 Å². The van der Waals surface area contributed by atoms with Gasteiger partial charge in [-0.25, -0.2) is 8.78 Å². The Morgan fingerprint density at radius 3 is 2.80 bits per heavy atom. The molecule has 25 heavy (non-hydrogen) atoms. The summed E-state index contributed by atoms with van der Waals surface area (Å²) in [4.78, 5) is 15.9. The second kappa shape index (κ2) is 6.49. The van der Waals surface area contributed by atoms with Crippen LogP contribution in [0.1, 0.15) is 15.9 Å². The van der Waals surface area contributed by atoms with Gasteiger partial charge in [0.15, 0.2) is 5.82 Å². The Labute approximate surface area is 141 Å². The number of halogens is 2. The maximum Gasteiger partial charge on any atom is 0.258 e. The van der Waals surface area contributed by atoms with Gasteiger partial charge in [-0.1, -0.05) is 12.1 Å². The maximum absolute atomic E-state index is 14.4. The predicted molar refractivity (Wildman–Crippen MR) is 85.5 cm³/mol. The minimum atomic E-state index is -0.707. The summed E-state index contributed by atoms with van der Waals surface area (Å²) in [6, 6.07) is 7.16. The van der Waals surface area contributed by atoms with E-state index in [1.807, 2.05) is 0 Å². The normalized spacial score (nSPS) is 10.3. The molecular weight excluding hydrogens is 328 g/mol. The van der Waals surface area contributed by atoms with Crippen LogP contribution in [-0.4, -0.2) is 20.7 Å². The Hall–Kier alpha value is -3.60. The summed E-state index contributed by atoms with van der Waals surface area (Å²) in [5.74, 6) is -1.91. The van der Waals surface area contributed by atoms with Gasteiger partial charge < -0.3 is 5.32 Å². The highest BCUT2D eigenvalue weighted by Crippen LogP contribution is 2.30. The van der Waals surface area contributed by atoms with Crippen LogP contribution in [0.15, 0.2) is 42.9 Å². The van der Waals surface area contributed by atoms with E-state index in [0.29, 0.717) is 5.56 Å². The molecule has 2 aromatic heterocycles. The van der Waals surface area contributed by atoms with Crippen molar-refractivity contribution in [1.82, 2.24) is 14.8 Å². The van der Waals surface area contributed by atoms with Crippen molar-refractivity contribution in [2.75, 3.05) is 5.32 Å².